The van der Waals surface area contributed by atoms with Gasteiger partial charge in [0.05, 0.1) is 30.9 Å². The molecule has 2 aromatic rings. The third kappa shape index (κ3) is 3.33. The number of methoxy groups -OCH3 is 1. The van der Waals surface area contributed by atoms with Crippen LogP contribution in [0, 0.1) is 23.2 Å². The zero-order valence-corrected chi connectivity index (χ0v) is 17.3. The molecule has 158 valence electrons. The van der Waals surface area contributed by atoms with Crippen LogP contribution in [0.25, 0.3) is 0 Å². The summed E-state index contributed by atoms with van der Waals surface area (Å²) in [6.45, 7) is 3.18. The summed E-state index contributed by atoms with van der Waals surface area (Å²) < 4.78 is 10.9. The second-order valence-electron chi connectivity index (χ2n) is 8.50. The van der Waals surface area contributed by atoms with Crippen molar-refractivity contribution < 1.29 is 19.1 Å². The monoisotopic (exact) mass is 417 g/mol. The fourth-order valence-electron chi connectivity index (χ4n) is 5.17. The first-order chi connectivity index (χ1) is 15.0. The van der Waals surface area contributed by atoms with Crippen LogP contribution in [0.2, 0.25) is 0 Å². The first kappa shape index (κ1) is 19.6. The molecular formula is C24H23N3O4. The molecule has 7 heteroatoms. The van der Waals surface area contributed by atoms with Gasteiger partial charge in [0.25, 0.3) is 0 Å². The van der Waals surface area contributed by atoms with E-state index in [0.29, 0.717) is 28.7 Å². The molecular weight excluding hydrogens is 394 g/mol. The Kier molecular flexibility index (Phi) is 4.67. The normalized spacial score (nSPS) is 27.2. The lowest BCUT2D eigenvalue weighted by atomic mass is 10.1. The number of benzene rings is 2. The van der Waals surface area contributed by atoms with E-state index >= 15 is 0 Å². The summed E-state index contributed by atoms with van der Waals surface area (Å²) in [6, 6.07) is 16.0. The molecule has 4 atom stereocenters. The third-order valence-corrected chi connectivity index (χ3v) is 6.81. The molecule has 3 unspecified atom stereocenters. The number of piperidine rings is 3. The highest BCUT2D eigenvalue weighted by atomic mass is 16.6. The number of nitrogens with zero attached hydrogens (tertiary/aromatic N) is 3. The lowest BCUT2D eigenvalue weighted by Gasteiger charge is -2.31. The van der Waals surface area contributed by atoms with Crippen molar-refractivity contribution in [2.45, 2.75) is 18.6 Å². The molecule has 4 fully saturated rings. The summed E-state index contributed by atoms with van der Waals surface area (Å²) in [5, 5.41) is 9.29. The zero-order valence-electron chi connectivity index (χ0n) is 17.3. The highest BCUT2D eigenvalue weighted by molar-refractivity contribution is 5.90. The van der Waals surface area contributed by atoms with Crippen molar-refractivity contribution in [1.82, 2.24) is 4.90 Å². The minimum atomic E-state index is -0.408. The van der Waals surface area contributed by atoms with E-state index in [1.807, 2.05) is 0 Å². The number of hydrogen-bond acceptors (Lipinski definition) is 6. The van der Waals surface area contributed by atoms with Gasteiger partial charge in [-0.25, -0.2) is 9.59 Å². The number of anilines is 1. The number of esters is 1. The number of ether oxygens (including phenoxy) is 2. The molecule has 0 aromatic heterocycles. The van der Waals surface area contributed by atoms with Crippen LogP contribution in [0.4, 0.5) is 10.5 Å². The number of nitriles is 1. The van der Waals surface area contributed by atoms with Gasteiger partial charge in [-0.05, 0) is 48.9 Å². The van der Waals surface area contributed by atoms with E-state index in [0.717, 1.165) is 31.6 Å². The van der Waals surface area contributed by atoms with Crippen LogP contribution in [0.3, 0.4) is 0 Å². The highest BCUT2D eigenvalue weighted by Gasteiger charge is 2.74. The number of amides is 1. The highest BCUT2D eigenvalue weighted by Crippen LogP contribution is 2.63. The molecule has 0 spiro atoms. The predicted molar refractivity (Wildman–Crippen MR) is 112 cm³/mol. The average Bonchev–Trinajstić information content (AvgIpc) is 3.30. The van der Waals surface area contributed by atoms with Crippen molar-refractivity contribution in [1.29, 1.82) is 5.26 Å². The molecule has 1 saturated carbocycles. The van der Waals surface area contributed by atoms with Gasteiger partial charge < -0.3 is 9.47 Å². The fourth-order valence-corrected chi connectivity index (χ4v) is 5.17. The van der Waals surface area contributed by atoms with Crippen LogP contribution in [0.15, 0.2) is 48.5 Å². The van der Waals surface area contributed by atoms with Crippen LogP contribution in [-0.2, 0) is 16.0 Å². The smallest absolute Gasteiger partial charge is 0.415 e. The van der Waals surface area contributed by atoms with Gasteiger partial charge in [-0.3, -0.25) is 9.80 Å². The summed E-state index contributed by atoms with van der Waals surface area (Å²) >= 11 is 0. The van der Waals surface area contributed by atoms with Gasteiger partial charge in [0.15, 0.2) is 0 Å². The maximum atomic E-state index is 13.4. The SMILES string of the molecule is COC(=O)c1ccc(CN(C(=O)O[C@]23CN4CCC2C3C4)c2cccc(C#N)c2)cc1. The van der Waals surface area contributed by atoms with E-state index in [4.69, 9.17) is 9.47 Å². The molecule has 3 aliphatic heterocycles. The van der Waals surface area contributed by atoms with Gasteiger partial charge in [-0.1, -0.05) is 18.2 Å². The van der Waals surface area contributed by atoms with Crippen molar-refractivity contribution >= 4 is 17.7 Å². The zero-order chi connectivity index (χ0) is 21.6. The van der Waals surface area contributed by atoms with E-state index in [1.54, 1.807) is 53.4 Å². The first-order valence-corrected chi connectivity index (χ1v) is 10.4. The van der Waals surface area contributed by atoms with Gasteiger partial charge in [-0.15, -0.1) is 0 Å². The number of carbonyl (C=O) groups is 2. The Balaban J connectivity index is 1.40. The minimum Gasteiger partial charge on any atom is -0.465 e. The van der Waals surface area contributed by atoms with Crippen LogP contribution in [0.1, 0.15) is 27.9 Å². The maximum absolute atomic E-state index is 13.4. The molecule has 1 aliphatic carbocycles. The summed E-state index contributed by atoms with van der Waals surface area (Å²) in [5.74, 6) is 0.500. The topological polar surface area (TPSA) is 82.9 Å². The quantitative estimate of drug-likeness (QED) is 0.695. The van der Waals surface area contributed by atoms with Crippen LogP contribution >= 0.6 is 0 Å². The Hall–Kier alpha value is -3.37. The largest absolute Gasteiger partial charge is 0.465 e. The Bertz CT molecular complexity index is 1070. The summed E-state index contributed by atoms with van der Waals surface area (Å²) in [7, 11) is 1.34. The number of rotatable bonds is 5. The lowest BCUT2D eigenvalue weighted by molar-refractivity contribution is 0.0489. The van der Waals surface area contributed by atoms with E-state index in [2.05, 4.69) is 11.0 Å². The second-order valence-corrected chi connectivity index (χ2v) is 8.50. The predicted octanol–water partition coefficient (Wildman–Crippen LogP) is 3.19. The fraction of sp³-hybridized carbons (Fsp3) is 0.375. The molecule has 31 heavy (non-hydrogen) atoms. The Morgan fingerprint density at radius 2 is 2.03 bits per heavy atom. The Morgan fingerprint density at radius 1 is 1.23 bits per heavy atom. The Labute approximate surface area is 180 Å². The van der Waals surface area contributed by atoms with Crippen molar-refractivity contribution in [2.75, 3.05) is 31.6 Å². The molecule has 3 heterocycles. The van der Waals surface area contributed by atoms with E-state index in [9.17, 15) is 14.9 Å². The number of fused-ring (bicyclic) bond motifs is 1. The van der Waals surface area contributed by atoms with Crippen molar-refractivity contribution in [3.63, 3.8) is 0 Å². The van der Waals surface area contributed by atoms with E-state index in [1.165, 1.54) is 7.11 Å². The van der Waals surface area contributed by atoms with Gasteiger partial charge in [-0.2, -0.15) is 5.26 Å². The molecule has 1 amide bonds. The van der Waals surface area contributed by atoms with E-state index in [-0.39, 0.29) is 12.1 Å². The maximum Gasteiger partial charge on any atom is 0.415 e. The van der Waals surface area contributed by atoms with Crippen LogP contribution in [0.5, 0.6) is 0 Å². The number of hydrogen-bond donors (Lipinski definition) is 0. The van der Waals surface area contributed by atoms with E-state index < -0.39 is 12.1 Å². The van der Waals surface area contributed by atoms with Crippen molar-refractivity contribution in [3.8, 4) is 6.07 Å². The van der Waals surface area contributed by atoms with Crippen LogP contribution in [-0.4, -0.2) is 49.3 Å². The molecule has 3 saturated heterocycles. The molecule has 0 N–H and O–H groups in total. The molecule has 6 rings (SSSR count). The standard InChI is InChI=1S/C24H23N3O4/c1-30-22(28)18-7-5-16(6-8-18)13-27(19-4-2-3-17(11-19)12-25)23(29)31-24-15-26-10-9-20(24)21(24)14-26/h2-8,11,20-21H,9-10,13-15H2,1H3/t20?,21?,24-/m1/s1. The average molecular weight is 417 g/mol. The number of carbonyl (C=O) groups excluding carboxylic acids is 2. The molecule has 4 bridgehead atoms. The first-order valence-electron chi connectivity index (χ1n) is 10.4. The van der Waals surface area contributed by atoms with Crippen molar-refractivity contribution in [2.24, 2.45) is 11.8 Å². The molecule has 2 aromatic carbocycles. The third-order valence-electron chi connectivity index (χ3n) is 6.81. The molecule has 0 radical (unpaired) electrons. The summed E-state index contributed by atoms with van der Waals surface area (Å²) in [6.07, 6.45) is 0.681. The summed E-state index contributed by atoms with van der Waals surface area (Å²) in [4.78, 5) is 29.0. The second kappa shape index (κ2) is 7.40. The molecule has 4 aliphatic rings. The Morgan fingerprint density at radius 3 is 2.65 bits per heavy atom. The summed E-state index contributed by atoms with van der Waals surface area (Å²) in [5.41, 5.74) is 2.02. The lowest BCUT2D eigenvalue weighted by Crippen LogP contribution is -2.42. The van der Waals surface area contributed by atoms with Crippen LogP contribution < -0.4 is 4.90 Å². The van der Waals surface area contributed by atoms with Gasteiger partial charge in [0.2, 0.25) is 0 Å². The minimum absolute atomic E-state index is 0.268. The van der Waals surface area contributed by atoms with Gasteiger partial charge in [0, 0.05) is 30.6 Å². The molecule has 7 nitrogen and oxygen atoms in total. The van der Waals surface area contributed by atoms with Gasteiger partial charge in [0.1, 0.15) is 5.60 Å². The van der Waals surface area contributed by atoms with Crippen molar-refractivity contribution in [3.05, 3.63) is 65.2 Å². The van der Waals surface area contributed by atoms with Gasteiger partial charge >= 0.3 is 12.1 Å².